The summed E-state index contributed by atoms with van der Waals surface area (Å²) in [6.45, 7) is 21.9. The molecule has 0 saturated carbocycles. The summed E-state index contributed by atoms with van der Waals surface area (Å²) < 4.78 is 13.9. The van der Waals surface area contributed by atoms with Gasteiger partial charge in [-0.3, -0.25) is 0 Å². The molecule has 11 aromatic rings. The number of benzene rings is 9. The zero-order chi connectivity index (χ0) is 45.0. The van der Waals surface area contributed by atoms with E-state index in [2.05, 4.69) is 219 Å². The van der Waals surface area contributed by atoms with Crippen LogP contribution in [-0.4, -0.2) is 0 Å². The van der Waals surface area contributed by atoms with E-state index in [4.69, 9.17) is 8.83 Å². The second-order valence-corrected chi connectivity index (χ2v) is 19.2. The van der Waals surface area contributed by atoms with Crippen LogP contribution >= 0.6 is 0 Å². The maximum absolute atomic E-state index is 6.95. The molecular formula is C61H54N2O2. The van der Waals surface area contributed by atoms with Crippen LogP contribution in [0.4, 0.5) is 34.1 Å². The lowest BCUT2D eigenvalue weighted by molar-refractivity contribution is 0.638. The Morgan fingerprint density at radius 3 is 0.938 bits per heavy atom. The Labute approximate surface area is 381 Å². The van der Waals surface area contributed by atoms with Gasteiger partial charge in [0.25, 0.3) is 0 Å². The number of anilines is 6. The van der Waals surface area contributed by atoms with Crippen molar-refractivity contribution in [3.63, 3.8) is 0 Å². The molecule has 0 amide bonds. The molecule has 0 aliphatic rings. The van der Waals surface area contributed by atoms with Crippen LogP contribution in [-0.2, 0) is 0 Å². The average Bonchev–Trinajstić information content (AvgIpc) is 3.76. The van der Waals surface area contributed by atoms with Gasteiger partial charge in [-0.05, 0) is 230 Å². The lowest BCUT2D eigenvalue weighted by Crippen LogP contribution is -2.11. The summed E-state index contributed by atoms with van der Waals surface area (Å²) in [4.78, 5) is 4.77. The first kappa shape index (κ1) is 40.5. The van der Waals surface area contributed by atoms with Crippen molar-refractivity contribution in [2.24, 2.45) is 0 Å². The first-order valence-corrected chi connectivity index (χ1v) is 22.9. The predicted molar refractivity (Wildman–Crippen MR) is 277 cm³/mol. The van der Waals surface area contributed by atoms with Gasteiger partial charge in [0.15, 0.2) is 0 Å². The van der Waals surface area contributed by atoms with Crippen LogP contribution in [0.5, 0.6) is 0 Å². The average molecular weight is 847 g/mol. The summed E-state index contributed by atoms with van der Waals surface area (Å²) in [5.74, 6) is 0.164. The number of nitrogens with zero attached hydrogens (tertiary/aromatic N) is 2. The van der Waals surface area contributed by atoms with Crippen LogP contribution in [0.15, 0.2) is 148 Å². The number of hydrogen-bond donors (Lipinski definition) is 0. The van der Waals surface area contributed by atoms with Gasteiger partial charge in [0.2, 0.25) is 0 Å². The SMILES string of the molecule is Cc1cc(C)cc(N(c2cc(C)cc(C)c2)c2ccc3cc4c(cc3c2)oc2c(C(C)C)c3oc5cc6cc(N(c7cc(C)cc(C)c7)c7cc(C)cc(C)c7)ccc6cc5c3cc24)c1. The Morgan fingerprint density at radius 1 is 0.308 bits per heavy atom. The molecule has 320 valence electrons. The number of aryl methyl sites for hydroxylation is 8. The molecule has 2 heterocycles. The number of fused-ring (bicyclic) bond motifs is 8. The third-order valence-corrected chi connectivity index (χ3v) is 13.1. The quantitative estimate of drug-likeness (QED) is 0.160. The lowest BCUT2D eigenvalue weighted by Gasteiger charge is -2.27. The zero-order valence-electron chi connectivity index (χ0n) is 39.1. The van der Waals surface area contributed by atoms with Crippen LogP contribution in [0.2, 0.25) is 0 Å². The van der Waals surface area contributed by atoms with Crippen LogP contribution in [0.25, 0.3) is 65.4 Å². The molecule has 0 unspecified atom stereocenters. The lowest BCUT2D eigenvalue weighted by atomic mass is 9.95. The first-order valence-electron chi connectivity index (χ1n) is 22.9. The van der Waals surface area contributed by atoms with Crippen LogP contribution in [0.1, 0.15) is 69.8 Å². The maximum Gasteiger partial charge on any atom is 0.142 e. The standard InChI is InChI=1S/C61H54N2O2/c1-34(2)59-60-55(53-29-43-11-13-47(27-45(43)31-57(53)64-60)62(49-19-35(3)15-36(4)20-49)50-21-37(5)16-38(6)22-50)33-56-54-30-44-12-14-48(28-46(44)32-58(54)65-61(56)59)63(51-23-39(7)17-40(8)24-51)52-25-41(9)18-42(10)26-52/h11-34H,1-10H3. The van der Waals surface area contributed by atoms with Gasteiger partial charge >= 0.3 is 0 Å². The summed E-state index contributed by atoms with van der Waals surface area (Å²) in [5.41, 5.74) is 21.4. The number of rotatable bonds is 7. The van der Waals surface area contributed by atoms with Crippen molar-refractivity contribution in [2.45, 2.75) is 75.2 Å². The molecule has 0 fully saturated rings. The van der Waals surface area contributed by atoms with E-state index in [0.29, 0.717) is 0 Å². The van der Waals surface area contributed by atoms with Crippen molar-refractivity contribution in [1.29, 1.82) is 0 Å². The second kappa shape index (κ2) is 15.2. The smallest absolute Gasteiger partial charge is 0.142 e. The third-order valence-electron chi connectivity index (χ3n) is 13.1. The minimum Gasteiger partial charge on any atom is -0.456 e. The Morgan fingerprint density at radius 2 is 0.631 bits per heavy atom. The van der Waals surface area contributed by atoms with E-state index in [1.165, 1.54) is 55.3 Å². The molecule has 0 saturated heterocycles. The van der Waals surface area contributed by atoms with E-state index in [1.807, 2.05) is 0 Å². The zero-order valence-corrected chi connectivity index (χ0v) is 39.1. The molecule has 0 bridgehead atoms. The molecule has 9 aromatic carbocycles. The van der Waals surface area contributed by atoms with Gasteiger partial charge in [0, 0.05) is 61.2 Å². The molecule has 4 heteroatoms. The Bertz CT molecular complexity index is 3330. The molecule has 0 aliphatic heterocycles. The maximum atomic E-state index is 6.95. The summed E-state index contributed by atoms with van der Waals surface area (Å²) in [7, 11) is 0. The molecule has 0 radical (unpaired) electrons. The van der Waals surface area contributed by atoms with E-state index >= 15 is 0 Å². The van der Waals surface area contributed by atoms with Gasteiger partial charge < -0.3 is 18.6 Å². The largest absolute Gasteiger partial charge is 0.456 e. The van der Waals surface area contributed by atoms with Crippen molar-refractivity contribution in [3.8, 4) is 0 Å². The second-order valence-electron chi connectivity index (χ2n) is 19.2. The predicted octanol–water partition coefficient (Wildman–Crippen LogP) is 18.3. The van der Waals surface area contributed by atoms with Crippen molar-refractivity contribution in [1.82, 2.24) is 0 Å². The minimum absolute atomic E-state index is 0.164. The summed E-state index contributed by atoms with van der Waals surface area (Å²) >= 11 is 0. The molecule has 0 N–H and O–H groups in total. The molecule has 0 aliphatic carbocycles. The Balaban J connectivity index is 1.06. The highest BCUT2D eigenvalue weighted by molar-refractivity contribution is 6.20. The van der Waals surface area contributed by atoms with Gasteiger partial charge in [0.1, 0.15) is 22.3 Å². The Hall–Kier alpha value is -7.30. The fraction of sp³-hybridized carbons (Fsp3) is 0.180. The molecule has 65 heavy (non-hydrogen) atoms. The molecule has 4 nitrogen and oxygen atoms in total. The van der Waals surface area contributed by atoms with Gasteiger partial charge in [-0.2, -0.15) is 0 Å². The normalized spacial score (nSPS) is 12.0. The highest BCUT2D eigenvalue weighted by Crippen LogP contribution is 2.46. The monoisotopic (exact) mass is 846 g/mol. The van der Waals surface area contributed by atoms with Crippen LogP contribution < -0.4 is 9.80 Å². The van der Waals surface area contributed by atoms with Crippen molar-refractivity contribution >= 4 is 99.5 Å². The number of hydrogen-bond acceptors (Lipinski definition) is 4. The van der Waals surface area contributed by atoms with E-state index in [-0.39, 0.29) is 5.92 Å². The van der Waals surface area contributed by atoms with Crippen LogP contribution in [0, 0.1) is 55.4 Å². The number of furan rings is 2. The molecule has 2 aromatic heterocycles. The Kier molecular flexibility index (Phi) is 9.44. The summed E-state index contributed by atoms with van der Waals surface area (Å²) in [6.07, 6.45) is 0. The minimum atomic E-state index is 0.164. The molecular weight excluding hydrogens is 793 g/mol. The summed E-state index contributed by atoms with van der Waals surface area (Å²) in [5, 5.41) is 9.07. The van der Waals surface area contributed by atoms with Gasteiger partial charge in [-0.25, -0.2) is 0 Å². The van der Waals surface area contributed by atoms with Gasteiger partial charge in [-0.15, -0.1) is 0 Å². The van der Waals surface area contributed by atoms with E-state index in [0.717, 1.165) is 94.3 Å². The molecule has 0 spiro atoms. The summed E-state index contributed by atoms with van der Waals surface area (Å²) in [6, 6.07) is 52.2. The van der Waals surface area contributed by atoms with Crippen molar-refractivity contribution in [3.05, 3.63) is 190 Å². The van der Waals surface area contributed by atoms with Gasteiger partial charge in [-0.1, -0.05) is 50.2 Å². The fourth-order valence-corrected chi connectivity index (χ4v) is 10.6. The van der Waals surface area contributed by atoms with E-state index in [9.17, 15) is 0 Å². The molecule has 11 rings (SSSR count). The highest BCUT2D eigenvalue weighted by atomic mass is 16.3. The van der Waals surface area contributed by atoms with Crippen molar-refractivity contribution < 1.29 is 8.83 Å². The third kappa shape index (κ3) is 7.09. The van der Waals surface area contributed by atoms with E-state index in [1.54, 1.807) is 0 Å². The highest BCUT2D eigenvalue weighted by Gasteiger charge is 2.24. The van der Waals surface area contributed by atoms with Crippen molar-refractivity contribution in [2.75, 3.05) is 9.80 Å². The van der Waals surface area contributed by atoms with Gasteiger partial charge in [0.05, 0.1) is 0 Å². The topological polar surface area (TPSA) is 32.8 Å². The van der Waals surface area contributed by atoms with Crippen LogP contribution in [0.3, 0.4) is 0 Å². The fourth-order valence-electron chi connectivity index (χ4n) is 10.6. The van der Waals surface area contributed by atoms with E-state index < -0.39 is 0 Å². The first-order chi connectivity index (χ1) is 31.2. The molecule has 0 atom stereocenters.